The van der Waals surface area contributed by atoms with Gasteiger partial charge in [-0.05, 0) is 43.5 Å². The Bertz CT molecular complexity index is 753. The van der Waals surface area contributed by atoms with E-state index in [1.807, 2.05) is 11.8 Å². The maximum atomic E-state index is 13.4. The highest BCUT2D eigenvalue weighted by Gasteiger charge is 2.42. The van der Waals surface area contributed by atoms with Crippen LogP contribution in [-0.2, 0) is 9.59 Å². The van der Waals surface area contributed by atoms with Gasteiger partial charge in [-0.1, -0.05) is 13.3 Å². The van der Waals surface area contributed by atoms with Crippen molar-refractivity contribution in [2.75, 3.05) is 32.7 Å². The van der Waals surface area contributed by atoms with Crippen molar-refractivity contribution in [2.24, 2.45) is 0 Å². The van der Waals surface area contributed by atoms with Crippen LogP contribution in [0.15, 0.2) is 24.3 Å². The normalized spacial score (nSPS) is 25.7. The molecular formula is C23H32FN3O3. The number of hydrogen-bond donors (Lipinski definition) is 0. The molecule has 0 N–H and O–H groups in total. The van der Waals surface area contributed by atoms with Crippen molar-refractivity contribution in [1.82, 2.24) is 14.7 Å². The molecule has 1 saturated carbocycles. The van der Waals surface area contributed by atoms with Crippen molar-refractivity contribution < 1.29 is 18.7 Å². The first-order valence-electron chi connectivity index (χ1n) is 11.3. The smallest absolute Gasteiger partial charge is 0.245 e. The minimum Gasteiger partial charge on any atom is -0.488 e. The van der Waals surface area contributed by atoms with Crippen LogP contribution in [0.1, 0.15) is 45.4 Å². The minimum absolute atomic E-state index is 0.0236. The van der Waals surface area contributed by atoms with Crippen LogP contribution in [0.25, 0.3) is 0 Å². The Morgan fingerprint density at radius 2 is 1.83 bits per heavy atom. The van der Waals surface area contributed by atoms with Crippen molar-refractivity contribution in [1.29, 1.82) is 0 Å². The Balaban J connectivity index is 1.41. The molecule has 0 bridgehead atoms. The van der Waals surface area contributed by atoms with E-state index in [1.54, 1.807) is 17.0 Å². The first-order valence-corrected chi connectivity index (χ1v) is 11.3. The molecule has 1 aliphatic carbocycles. The number of carbonyl (C=O) groups is 2. The summed E-state index contributed by atoms with van der Waals surface area (Å²) < 4.78 is 19.1. The van der Waals surface area contributed by atoms with E-state index in [2.05, 4.69) is 4.90 Å². The van der Waals surface area contributed by atoms with E-state index in [9.17, 15) is 14.0 Å². The number of amides is 2. The van der Waals surface area contributed by atoms with Crippen LogP contribution in [0.2, 0.25) is 0 Å². The van der Waals surface area contributed by atoms with Crippen LogP contribution in [0, 0.1) is 5.82 Å². The zero-order chi connectivity index (χ0) is 21.1. The fourth-order valence-corrected chi connectivity index (χ4v) is 4.79. The fraction of sp³-hybridized carbons (Fsp3) is 0.652. The summed E-state index contributed by atoms with van der Waals surface area (Å²) in [4.78, 5) is 32.1. The highest BCUT2D eigenvalue weighted by atomic mass is 19.1. The Morgan fingerprint density at radius 1 is 1.07 bits per heavy atom. The molecule has 2 amide bonds. The molecule has 3 fully saturated rings. The van der Waals surface area contributed by atoms with Gasteiger partial charge in [0.25, 0.3) is 0 Å². The van der Waals surface area contributed by atoms with E-state index in [0.717, 1.165) is 32.6 Å². The maximum Gasteiger partial charge on any atom is 0.245 e. The molecule has 1 aromatic rings. The molecule has 164 valence electrons. The van der Waals surface area contributed by atoms with Crippen LogP contribution >= 0.6 is 0 Å². The van der Waals surface area contributed by atoms with Gasteiger partial charge in [0.2, 0.25) is 11.8 Å². The molecule has 0 unspecified atom stereocenters. The average molecular weight is 418 g/mol. The fourth-order valence-electron chi connectivity index (χ4n) is 4.79. The standard InChI is InChI=1S/C23H32FN3O3/c1-2-22(28)27-16-20(30-19-9-7-17(24)8-10-19)15-21(27)23(29)26-12-4-11-25(13-14-26)18-5-3-6-18/h7-10,18,20-21H,2-6,11-16H2,1H3/t20-,21-/m0/s1. The number of hydrogen-bond acceptors (Lipinski definition) is 4. The lowest BCUT2D eigenvalue weighted by molar-refractivity contribution is -0.143. The third kappa shape index (κ3) is 4.61. The van der Waals surface area contributed by atoms with Gasteiger partial charge in [-0.2, -0.15) is 0 Å². The Labute approximate surface area is 177 Å². The number of nitrogens with zero attached hydrogens (tertiary/aromatic N) is 3. The minimum atomic E-state index is -0.474. The van der Waals surface area contributed by atoms with Gasteiger partial charge >= 0.3 is 0 Å². The van der Waals surface area contributed by atoms with E-state index in [1.165, 1.54) is 31.4 Å². The van der Waals surface area contributed by atoms with Crippen LogP contribution in [0.4, 0.5) is 4.39 Å². The molecule has 3 aliphatic rings. The molecule has 1 aromatic carbocycles. The summed E-state index contributed by atoms with van der Waals surface area (Å²) in [6.07, 6.45) is 5.42. The van der Waals surface area contributed by atoms with E-state index >= 15 is 0 Å². The summed E-state index contributed by atoms with van der Waals surface area (Å²) in [5, 5.41) is 0. The average Bonchev–Trinajstić information content (AvgIpc) is 2.98. The number of halogens is 1. The lowest BCUT2D eigenvalue weighted by atomic mass is 9.91. The SMILES string of the molecule is CCC(=O)N1C[C@@H](Oc2ccc(F)cc2)C[C@H]1C(=O)N1CCCN(C2CCC2)CC1. The summed E-state index contributed by atoms with van der Waals surface area (Å²) in [6, 6.07) is 6.09. The maximum absolute atomic E-state index is 13.4. The number of likely N-dealkylation sites (tertiary alicyclic amines) is 1. The lowest BCUT2D eigenvalue weighted by Crippen LogP contribution is -2.49. The molecule has 6 nitrogen and oxygen atoms in total. The molecule has 0 radical (unpaired) electrons. The highest BCUT2D eigenvalue weighted by Crippen LogP contribution is 2.28. The van der Waals surface area contributed by atoms with Crippen LogP contribution in [0.5, 0.6) is 5.75 Å². The third-order valence-electron chi connectivity index (χ3n) is 6.72. The number of rotatable bonds is 5. The zero-order valence-corrected chi connectivity index (χ0v) is 17.8. The summed E-state index contributed by atoms with van der Waals surface area (Å²) >= 11 is 0. The number of ether oxygens (including phenoxy) is 1. The van der Waals surface area contributed by atoms with Gasteiger partial charge in [0.1, 0.15) is 23.7 Å². The highest BCUT2D eigenvalue weighted by molar-refractivity contribution is 5.88. The lowest BCUT2D eigenvalue weighted by Gasteiger charge is -2.36. The predicted octanol–water partition coefficient (Wildman–Crippen LogP) is 2.67. The Hall–Kier alpha value is -2.15. The molecule has 2 heterocycles. The van der Waals surface area contributed by atoms with E-state index < -0.39 is 6.04 Å². The molecular weight excluding hydrogens is 385 g/mol. The Morgan fingerprint density at radius 3 is 2.50 bits per heavy atom. The summed E-state index contributed by atoms with van der Waals surface area (Å²) in [5.41, 5.74) is 0. The number of carbonyl (C=O) groups excluding carboxylic acids is 2. The van der Waals surface area contributed by atoms with E-state index in [0.29, 0.717) is 31.2 Å². The second-order valence-electron chi connectivity index (χ2n) is 8.64. The number of benzene rings is 1. The topological polar surface area (TPSA) is 53.1 Å². The molecule has 2 aliphatic heterocycles. The third-order valence-corrected chi connectivity index (χ3v) is 6.72. The predicted molar refractivity (Wildman–Crippen MR) is 112 cm³/mol. The van der Waals surface area contributed by atoms with Crippen LogP contribution in [0.3, 0.4) is 0 Å². The first-order chi connectivity index (χ1) is 14.5. The second-order valence-corrected chi connectivity index (χ2v) is 8.64. The summed E-state index contributed by atoms with van der Waals surface area (Å²) in [6.45, 7) is 5.65. The molecule has 0 aromatic heterocycles. The van der Waals surface area contributed by atoms with Crippen molar-refractivity contribution in [3.63, 3.8) is 0 Å². The van der Waals surface area contributed by atoms with Crippen molar-refractivity contribution in [3.8, 4) is 5.75 Å². The molecule has 0 spiro atoms. The quantitative estimate of drug-likeness (QED) is 0.739. The van der Waals surface area contributed by atoms with Crippen LogP contribution in [-0.4, -0.2) is 77.4 Å². The second kappa shape index (κ2) is 9.33. The summed E-state index contributed by atoms with van der Waals surface area (Å²) in [7, 11) is 0. The monoisotopic (exact) mass is 417 g/mol. The van der Waals surface area contributed by atoms with Gasteiger partial charge in [0, 0.05) is 45.1 Å². The molecule has 2 saturated heterocycles. The van der Waals surface area contributed by atoms with Gasteiger partial charge in [0.15, 0.2) is 0 Å². The largest absolute Gasteiger partial charge is 0.488 e. The first kappa shape index (κ1) is 21.1. The van der Waals surface area contributed by atoms with Gasteiger partial charge in [-0.3, -0.25) is 14.5 Å². The van der Waals surface area contributed by atoms with Crippen molar-refractivity contribution in [2.45, 2.75) is 63.6 Å². The zero-order valence-electron chi connectivity index (χ0n) is 17.8. The van der Waals surface area contributed by atoms with Gasteiger partial charge in [-0.25, -0.2) is 4.39 Å². The molecule has 30 heavy (non-hydrogen) atoms. The van der Waals surface area contributed by atoms with Crippen molar-refractivity contribution >= 4 is 11.8 Å². The van der Waals surface area contributed by atoms with Gasteiger partial charge in [0.05, 0.1) is 6.54 Å². The summed E-state index contributed by atoms with van der Waals surface area (Å²) in [5.74, 6) is 0.257. The van der Waals surface area contributed by atoms with E-state index in [-0.39, 0.29) is 23.7 Å². The van der Waals surface area contributed by atoms with Crippen molar-refractivity contribution in [3.05, 3.63) is 30.1 Å². The molecule has 4 rings (SSSR count). The molecule has 2 atom stereocenters. The Kier molecular flexibility index (Phi) is 6.56. The molecule has 7 heteroatoms. The van der Waals surface area contributed by atoms with Gasteiger partial charge in [-0.15, -0.1) is 0 Å². The van der Waals surface area contributed by atoms with Gasteiger partial charge < -0.3 is 14.5 Å². The van der Waals surface area contributed by atoms with E-state index in [4.69, 9.17) is 4.74 Å². The van der Waals surface area contributed by atoms with Crippen LogP contribution < -0.4 is 4.74 Å².